The molecule has 0 saturated heterocycles. The normalized spacial score (nSPS) is 10.9. The third kappa shape index (κ3) is 4.61. The van der Waals surface area contributed by atoms with E-state index in [1.165, 1.54) is 11.1 Å². The van der Waals surface area contributed by atoms with Crippen LogP contribution >= 0.6 is 0 Å². The number of fused-ring (bicyclic) bond motifs is 1. The Bertz CT molecular complexity index is 1100. The summed E-state index contributed by atoms with van der Waals surface area (Å²) in [5, 5.41) is 2.22. The van der Waals surface area contributed by atoms with Gasteiger partial charge in [0.15, 0.2) is 0 Å². The highest BCUT2D eigenvalue weighted by Gasteiger charge is 2.20. The number of amides is 2. The summed E-state index contributed by atoms with van der Waals surface area (Å²) in [5.41, 5.74) is 3.48. The van der Waals surface area contributed by atoms with E-state index in [0.29, 0.717) is 6.54 Å². The third-order valence-electron chi connectivity index (χ3n) is 5.90. The summed E-state index contributed by atoms with van der Waals surface area (Å²) in [5.74, 6) is 0.250. The van der Waals surface area contributed by atoms with Gasteiger partial charge in [-0.05, 0) is 29.0 Å². The van der Waals surface area contributed by atoms with Gasteiger partial charge in [0.1, 0.15) is 0 Å². The van der Waals surface area contributed by atoms with Gasteiger partial charge in [-0.3, -0.25) is 4.90 Å². The SMILES string of the molecule is CN(CCC(c1ccccc1)c1ccccc1)C(=O)N(C)c1cccc2ccccc12. The van der Waals surface area contributed by atoms with Gasteiger partial charge in [-0.25, -0.2) is 4.79 Å². The summed E-state index contributed by atoms with van der Waals surface area (Å²) >= 11 is 0. The van der Waals surface area contributed by atoms with Gasteiger partial charge in [0.2, 0.25) is 0 Å². The average Bonchev–Trinajstić information content (AvgIpc) is 2.84. The van der Waals surface area contributed by atoms with Gasteiger partial charge >= 0.3 is 6.03 Å². The van der Waals surface area contributed by atoms with Crippen LogP contribution in [0.1, 0.15) is 23.5 Å². The highest BCUT2D eigenvalue weighted by molar-refractivity contribution is 6.02. The van der Waals surface area contributed by atoms with Crippen molar-refractivity contribution in [3.05, 3.63) is 114 Å². The van der Waals surface area contributed by atoms with Gasteiger partial charge in [-0.2, -0.15) is 0 Å². The molecule has 0 aliphatic carbocycles. The highest BCUT2D eigenvalue weighted by atomic mass is 16.2. The highest BCUT2D eigenvalue weighted by Crippen LogP contribution is 2.29. The van der Waals surface area contributed by atoms with Crippen molar-refractivity contribution in [1.29, 1.82) is 0 Å². The minimum absolute atomic E-state index is 0.00349. The van der Waals surface area contributed by atoms with Crippen LogP contribution in [0.2, 0.25) is 0 Å². The van der Waals surface area contributed by atoms with E-state index < -0.39 is 0 Å². The van der Waals surface area contributed by atoms with Crippen molar-refractivity contribution in [1.82, 2.24) is 4.90 Å². The van der Waals surface area contributed by atoms with Crippen molar-refractivity contribution in [2.45, 2.75) is 12.3 Å². The molecule has 0 radical (unpaired) electrons. The molecule has 156 valence electrons. The molecule has 0 heterocycles. The van der Waals surface area contributed by atoms with Crippen molar-refractivity contribution >= 4 is 22.5 Å². The van der Waals surface area contributed by atoms with E-state index in [9.17, 15) is 4.79 Å². The second kappa shape index (κ2) is 9.48. The van der Waals surface area contributed by atoms with E-state index in [4.69, 9.17) is 0 Å². The molecule has 0 bridgehead atoms. The minimum Gasteiger partial charge on any atom is -0.327 e. The fourth-order valence-corrected chi connectivity index (χ4v) is 4.17. The molecular weight excluding hydrogens is 380 g/mol. The van der Waals surface area contributed by atoms with Crippen LogP contribution in [0.4, 0.5) is 10.5 Å². The van der Waals surface area contributed by atoms with Crippen LogP contribution in [0, 0.1) is 0 Å². The standard InChI is InChI=1S/C28H28N2O/c1-29(28(31)30(2)27-19-11-17-24-16-9-10-18-26(24)27)21-20-25(22-12-5-3-6-13-22)23-14-7-4-8-15-23/h3-19,25H,20-21H2,1-2H3. The fourth-order valence-electron chi connectivity index (χ4n) is 4.17. The first-order valence-electron chi connectivity index (χ1n) is 10.7. The molecule has 0 aliphatic rings. The number of hydrogen-bond acceptors (Lipinski definition) is 1. The molecule has 0 spiro atoms. The molecular formula is C28H28N2O. The molecule has 2 amide bonds. The van der Waals surface area contributed by atoms with Crippen LogP contribution in [-0.2, 0) is 0 Å². The third-order valence-corrected chi connectivity index (χ3v) is 5.90. The molecule has 3 heteroatoms. The molecule has 31 heavy (non-hydrogen) atoms. The van der Waals surface area contributed by atoms with Crippen LogP contribution in [-0.4, -0.2) is 31.6 Å². The predicted octanol–water partition coefficient (Wildman–Crippen LogP) is 6.55. The smallest absolute Gasteiger partial charge is 0.323 e. The monoisotopic (exact) mass is 408 g/mol. The van der Waals surface area contributed by atoms with Crippen LogP contribution in [0.15, 0.2) is 103 Å². The first-order valence-corrected chi connectivity index (χ1v) is 10.7. The summed E-state index contributed by atoms with van der Waals surface area (Å²) < 4.78 is 0. The molecule has 0 atom stereocenters. The lowest BCUT2D eigenvalue weighted by Gasteiger charge is -2.28. The van der Waals surface area contributed by atoms with Crippen molar-refractivity contribution in [3.63, 3.8) is 0 Å². The van der Waals surface area contributed by atoms with E-state index in [2.05, 4.69) is 66.7 Å². The summed E-state index contributed by atoms with van der Waals surface area (Å²) in [6, 6.07) is 35.3. The van der Waals surface area contributed by atoms with E-state index >= 15 is 0 Å². The molecule has 0 N–H and O–H groups in total. The van der Waals surface area contributed by atoms with Crippen LogP contribution in [0.25, 0.3) is 10.8 Å². The van der Waals surface area contributed by atoms with Gasteiger partial charge in [-0.1, -0.05) is 97.1 Å². The van der Waals surface area contributed by atoms with Crippen molar-refractivity contribution in [3.8, 4) is 0 Å². The van der Waals surface area contributed by atoms with Crippen LogP contribution in [0.5, 0.6) is 0 Å². The number of carbonyl (C=O) groups excluding carboxylic acids is 1. The Labute approximate surface area is 184 Å². The summed E-state index contributed by atoms with van der Waals surface area (Å²) in [6.45, 7) is 0.669. The average molecular weight is 409 g/mol. The number of hydrogen-bond donors (Lipinski definition) is 0. The predicted molar refractivity (Wildman–Crippen MR) is 130 cm³/mol. The topological polar surface area (TPSA) is 23.6 Å². The molecule has 0 aromatic heterocycles. The second-order valence-electron chi connectivity index (χ2n) is 7.92. The lowest BCUT2D eigenvalue weighted by molar-refractivity contribution is 0.215. The molecule has 4 aromatic carbocycles. The first-order chi connectivity index (χ1) is 15.1. The molecule has 0 fully saturated rings. The Kier molecular flexibility index (Phi) is 6.32. The van der Waals surface area contributed by atoms with Crippen LogP contribution in [0.3, 0.4) is 0 Å². The summed E-state index contributed by atoms with van der Waals surface area (Å²) in [6.07, 6.45) is 0.861. The van der Waals surface area contributed by atoms with Gasteiger partial charge in [-0.15, -0.1) is 0 Å². The van der Waals surface area contributed by atoms with Crippen molar-refractivity contribution in [2.24, 2.45) is 0 Å². The summed E-state index contributed by atoms with van der Waals surface area (Å²) in [4.78, 5) is 16.8. The Hall–Kier alpha value is -3.59. The number of benzene rings is 4. The number of rotatable bonds is 6. The van der Waals surface area contributed by atoms with Gasteiger partial charge in [0.25, 0.3) is 0 Å². The second-order valence-corrected chi connectivity index (χ2v) is 7.92. The lowest BCUT2D eigenvalue weighted by atomic mass is 9.88. The maximum atomic E-state index is 13.2. The lowest BCUT2D eigenvalue weighted by Crippen LogP contribution is -2.39. The number of anilines is 1. The van der Waals surface area contributed by atoms with Gasteiger partial charge < -0.3 is 4.90 Å². The molecule has 0 aliphatic heterocycles. The zero-order chi connectivity index (χ0) is 21.6. The fraction of sp³-hybridized carbons (Fsp3) is 0.179. The first kappa shape index (κ1) is 20.7. The van der Waals surface area contributed by atoms with E-state index in [1.54, 1.807) is 4.90 Å². The Morgan fingerprint density at radius 2 is 1.26 bits per heavy atom. The summed E-state index contributed by atoms with van der Waals surface area (Å²) in [7, 11) is 3.74. The van der Waals surface area contributed by atoms with Gasteiger partial charge in [0.05, 0.1) is 5.69 Å². The van der Waals surface area contributed by atoms with Crippen LogP contribution < -0.4 is 4.90 Å². The molecule has 0 saturated carbocycles. The molecule has 4 aromatic rings. The van der Waals surface area contributed by atoms with E-state index in [-0.39, 0.29) is 11.9 Å². The minimum atomic E-state index is -0.00349. The zero-order valence-electron chi connectivity index (χ0n) is 18.1. The maximum Gasteiger partial charge on any atom is 0.323 e. The molecule has 4 rings (SSSR count). The molecule has 3 nitrogen and oxygen atoms in total. The maximum absolute atomic E-state index is 13.2. The Balaban J connectivity index is 1.51. The largest absolute Gasteiger partial charge is 0.327 e. The number of urea groups is 1. The van der Waals surface area contributed by atoms with Gasteiger partial charge in [0, 0.05) is 31.9 Å². The quantitative estimate of drug-likeness (QED) is 0.355. The number of nitrogens with zero attached hydrogens (tertiary/aromatic N) is 2. The van der Waals surface area contributed by atoms with Crippen molar-refractivity contribution in [2.75, 3.05) is 25.5 Å². The van der Waals surface area contributed by atoms with E-state index in [1.807, 2.05) is 55.4 Å². The number of carbonyl (C=O) groups is 1. The molecule has 0 unspecified atom stereocenters. The van der Waals surface area contributed by atoms with Crippen molar-refractivity contribution < 1.29 is 4.79 Å². The Morgan fingerprint density at radius 3 is 1.90 bits per heavy atom. The van der Waals surface area contributed by atoms with E-state index in [0.717, 1.165) is 22.9 Å². The zero-order valence-corrected chi connectivity index (χ0v) is 18.1. The Morgan fingerprint density at radius 1 is 0.710 bits per heavy atom.